The highest BCUT2D eigenvalue weighted by Gasteiger charge is 2.56. The molecule has 21 heavy (non-hydrogen) atoms. The lowest BCUT2D eigenvalue weighted by atomic mass is 9.93. The van der Waals surface area contributed by atoms with Crippen molar-refractivity contribution in [2.24, 2.45) is 11.8 Å². The molecular weight excluding hydrogens is 309 g/mol. The van der Waals surface area contributed by atoms with E-state index < -0.39 is 21.6 Å². The van der Waals surface area contributed by atoms with Crippen LogP contribution in [-0.4, -0.2) is 68.6 Å². The Hall–Kier alpha value is -0.380. The molecule has 3 aliphatic rings. The van der Waals surface area contributed by atoms with Crippen molar-refractivity contribution < 1.29 is 26.3 Å². The summed E-state index contributed by atoms with van der Waals surface area (Å²) in [7, 11) is -5.23. The van der Waals surface area contributed by atoms with Crippen LogP contribution in [0.5, 0.6) is 0 Å². The number of halogens is 3. The highest BCUT2D eigenvalue weighted by Crippen LogP contribution is 2.38. The summed E-state index contributed by atoms with van der Waals surface area (Å²) in [6.07, 6.45) is 1.90. The maximum absolute atomic E-state index is 12.6. The first kappa shape index (κ1) is 15.5. The molecule has 0 aromatic rings. The van der Waals surface area contributed by atoms with Crippen LogP contribution in [0, 0.1) is 11.8 Å². The van der Waals surface area contributed by atoms with Gasteiger partial charge >= 0.3 is 15.5 Å². The molecule has 0 amide bonds. The third-order valence-corrected chi connectivity index (χ3v) is 6.29. The quantitative estimate of drug-likeness (QED) is 0.772. The van der Waals surface area contributed by atoms with Crippen LogP contribution in [0.25, 0.3) is 0 Å². The lowest BCUT2D eigenvalue weighted by Crippen LogP contribution is -2.41. The first-order valence-corrected chi connectivity index (χ1v) is 8.63. The molecule has 3 atom stereocenters. The van der Waals surface area contributed by atoms with Crippen LogP contribution in [0.4, 0.5) is 13.2 Å². The molecule has 3 aliphatic heterocycles. The van der Waals surface area contributed by atoms with E-state index in [1.807, 2.05) is 0 Å². The van der Waals surface area contributed by atoms with E-state index in [9.17, 15) is 21.6 Å². The second-order valence-electron chi connectivity index (χ2n) is 6.07. The van der Waals surface area contributed by atoms with Crippen LogP contribution >= 0.6 is 0 Å². The number of fused-ring (bicyclic) bond motifs is 1. The predicted octanol–water partition coefficient (Wildman–Crippen LogP) is 0.879. The van der Waals surface area contributed by atoms with Gasteiger partial charge in [-0.3, -0.25) is 0 Å². The molecule has 0 bridgehead atoms. The molecule has 0 unspecified atom stereocenters. The fourth-order valence-electron chi connectivity index (χ4n) is 3.59. The van der Waals surface area contributed by atoms with Crippen LogP contribution in [0.1, 0.15) is 12.8 Å². The van der Waals surface area contributed by atoms with Crippen LogP contribution in [0.2, 0.25) is 0 Å². The van der Waals surface area contributed by atoms with Crippen LogP contribution in [0.15, 0.2) is 0 Å². The van der Waals surface area contributed by atoms with Gasteiger partial charge in [-0.25, -0.2) is 8.42 Å². The summed E-state index contributed by atoms with van der Waals surface area (Å²) < 4.78 is 66.8. The van der Waals surface area contributed by atoms with Crippen molar-refractivity contribution in [3.63, 3.8) is 0 Å². The van der Waals surface area contributed by atoms with E-state index in [1.165, 1.54) is 0 Å². The molecule has 122 valence electrons. The third kappa shape index (κ3) is 2.80. The molecule has 0 saturated carbocycles. The van der Waals surface area contributed by atoms with Crippen LogP contribution in [-0.2, 0) is 14.8 Å². The summed E-state index contributed by atoms with van der Waals surface area (Å²) in [6, 6.07) is 0. The van der Waals surface area contributed by atoms with Gasteiger partial charge in [0.2, 0.25) is 0 Å². The van der Waals surface area contributed by atoms with Gasteiger partial charge in [0.05, 0.1) is 12.7 Å². The van der Waals surface area contributed by atoms with Gasteiger partial charge in [-0.05, 0) is 25.9 Å². The van der Waals surface area contributed by atoms with E-state index in [0.717, 1.165) is 32.5 Å². The highest BCUT2D eigenvalue weighted by molar-refractivity contribution is 7.90. The van der Waals surface area contributed by atoms with Gasteiger partial charge < -0.3 is 9.64 Å². The van der Waals surface area contributed by atoms with Gasteiger partial charge in [0.1, 0.15) is 0 Å². The Morgan fingerprint density at radius 2 is 1.81 bits per heavy atom. The number of alkyl halides is 3. The van der Waals surface area contributed by atoms with Gasteiger partial charge in [-0.2, -0.15) is 17.5 Å². The maximum atomic E-state index is 12.6. The van der Waals surface area contributed by atoms with Crippen molar-refractivity contribution in [2.75, 3.05) is 39.3 Å². The average Bonchev–Trinajstić information content (AvgIpc) is 3.06. The minimum absolute atomic E-state index is 0.0784. The van der Waals surface area contributed by atoms with E-state index in [0.29, 0.717) is 10.9 Å². The van der Waals surface area contributed by atoms with Gasteiger partial charge in [-0.15, -0.1) is 0 Å². The zero-order valence-corrected chi connectivity index (χ0v) is 12.4. The number of hydrogen-bond acceptors (Lipinski definition) is 4. The van der Waals surface area contributed by atoms with Crippen molar-refractivity contribution in [2.45, 2.75) is 24.5 Å². The molecule has 0 aliphatic carbocycles. The number of rotatable bonds is 3. The zero-order chi connectivity index (χ0) is 15.3. The minimum Gasteiger partial charge on any atom is -0.376 e. The first-order chi connectivity index (χ1) is 9.79. The predicted molar refractivity (Wildman–Crippen MR) is 68.9 cm³/mol. The Labute approximate surface area is 122 Å². The molecule has 3 saturated heterocycles. The van der Waals surface area contributed by atoms with Gasteiger partial charge in [0.15, 0.2) is 0 Å². The topological polar surface area (TPSA) is 49.9 Å². The number of nitrogens with zero attached hydrogens (tertiary/aromatic N) is 2. The molecular formula is C12H19F3N2O3S. The van der Waals surface area contributed by atoms with E-state index in [-0.39, 0.29) is 24.9 Å². The fraction of sp³-hybridized carbons (Fsp3) is 1.00. The SMILES string of the molecule is O=S(=O)(N1C[C@@H]2[C@@H](CN3CCCC3)CO[C@@H]2C1)C(F)(F)F. The molecule has 3 heterocycles. The molecule has 5 nitrogen and oxygen atoms in total. The molecule has 0 N–H and O–H groups in total. The second kappa shape index (κ2) is 5.36. The van der Waals surface area contributed by atoms with Gasteiger partial charge in [-0.1, -0.05) is 0 Å². The molecule has 0 spiro atoms. The molecule has 0 radical (unpaired) electrons. The fourth-order valence-corrected chi connectivity index (χ4v) is 4.59. The summed E-state index contributed by atoms with van der Waals surface area (Å²) in [5.41, 5.74) is -5.23. The molecule has 0 aromatic heterocycles. The van der Waals surface area contributed by atoms with Crippen LogP contribution in [0.3, 0.4) is 0 Å². The van der Waals surface area contributed by atoms with E-state index in [4.69, 9.17) is 4.74 Å². The number of ether oxygens (including phenoxy) is 1. The van der Waals surface area contributed by atoms with Gasteiger partial charge in [0.25, 0.3) is 0 Å². The lowest BCUT2D eigenvalue weighted by molar-refractivity contribution is -0.0488. The summed E-state index contributed by atoms with van der Waals surface area (Å²) in [5.74, 6) is 0.00394. The Kier molecular flexibility index (Phi) is 3.96. The zero-order valence-electron chi connectivity index (χ0n) is 11.6. The Balaban J connectivity index is 1.66. The molecule has 9 heteroatoms. The van der Waals surface area contributed by atoms with Crippen molar-refractivity contribution in [1.82, 2.24) is 9.21 Å². The standard InChI is InChI=1S/C12H19F3N2O3S/c13-12(14,15)21(18,19)17-6-10-9(8-20-11(10)7-17)5-16-3-1-2-4-16/h9-11H,1-8H2/t9-,10+,11+/m0/s1. The normalized spacial score (nSPS) is 35.5. The van der Waals surface area contributed by atoms with Gasteiger partial charge in [0, 0.05) is 31.5 Å². The van der Waals surface area contributed by atoms with Crippen molar-refractivity contribution in [1.29, 1.82) is 0 Å². The second-order valence-corrected chi connectivity index (χ2v) is 8.00. The maximum Gasteiger partial charge on any atom is 0.511 e. The third-order valence-electron chi connectivity index (χ3n) is 4.73. The molecule has 0 aromatic carbocycles. The Morgan fingerprint density at radius 1 is 1.14 bits per heavy atom. The number of hydrogen-bond donors (Lipinski definition) is 0. The summed E-state index contributed by atoms with van der Waals surface area (Å²) in [6.45, 7) is 3.08. The smallest absolute Gasteiger partial charge is 0.376 e. The van der Waals surface area contributed by atoms with Crippen molar-refractivity contribution >= 4 is 10.0 Å². The van der Waals surface area contributed by atoms with Crippen LogP contribution < -0.4 is 0 Å². The number of sulfonamides is 1. The summed E-state index contributed by atoms with van der Waals surface area (Å²) in [5, 5.41) is 0. The van der Waals surface area contributed by atoms with E-state index >= 15 is 0 Å². The van der Waals surface area contributed by atoms with E-state index in [2.05, 4.69) is 4.90 Å². The highest BCUT2D eigenvalue weighted by atomic mass is 32.2. The Bertz CT molecular complexity index is 490. The van der Waals surface area contributed by atoms with E-state index in [1.54, 1.807) is 0 Å². The minimum atomic E-state index is -5.23. The first-order valence-electron chi connectivity index (χ1n) is 7.19. The number of likely N-dealkylation sites (tertiary alicyclic amines) is 1. The molecule has 3 rings (SSSR count). The van der Waals surface area contributed by atoms with Crippen molar-refractivity contribution in [3.05, 3.63) is 0 Å². The molecule has 3 fully saturated rings. The lowest BCUT2D eigenvalue weighted by Gasteiger charge is -2.24. The Morgan fingerprint density at radius 3 is 2.43 bits per heavy atom. The summed E-state index contributed by atoms with van der Waals surface area (Å²) >= 11 is 0. The summed E-state index contributed by atoms with van der Waals surface area (Å²) in [4.78, 5) is 2.29. The average molecular weight is 328 g/mol. The van der Waals surface area contributed by atoms with Crippen molar-refractivity contribution in [3.8, 4) is 0 Å². The monoisotopic (exact) mass is 328 g/mol. The largest absolute Gasteiger partial charge is 0.511 e.